The van der Waals surface area contributed by atoms with Crippen molar-refractivity contribution in [3.05, 3.63) is 22.7 Å². The smallest absolute Gasteiger partial charge is 0.144 e. The van der Waals surface area contributed by atoms with Crippen LogP contribution in [0.4, 0.5) is 0 Å². The molecule has 0 radical (unpaired) electrons. The molecule has 1 unspecified atom stereocenters. The molecule has 100 valence electrons. The SMILES string of the molecule is Cc1cc(Cl)nc(CN2CCC(C(C)N)CC2)n1. The van der Waals surface area contributed by atoms with Crippen LogP contribution in [0.2, 0.25) is 5.15 Å². The van der Waals surface area contributed by atoms with Crippen molar-refractivity contribution < 1.29 is 0 Å². The van der Waals surface area contributed by atoms with Crippen molar-refractivity contribution in [3.8, 4) is 0 Å². The Hall–Kier alpha value is -0.710. The van der Waals surface area contributed by atoms with Gasteiger partial charge in [-0.15, -0.1) is 0 Å². The molecule has 2 heterocycles. The lowest BCUT2D eigenvalue weighted by molar-refractivity contribution is 0.162. The van der Waals surface area contributed by atoms with Gasteiger partial charge in [0, 0.05) is 11.7 Å². The van der Waals surface area contributed by atoms with Gasteiger partial charge in [-0.3, -0.25) is 4.90 Å². The summed E-state index contributed by atoms with van der Waals surface area (Å²) >= 11 is 5.95. The van der Waals surface area contributed by atoms with E-state index in [9.17, 15) is 0 Å². The molecular formula is C13H21ClN4. The minimum atomic E-state index is 0.303. The monoisotopic (exact) mass is 268 g/mol. The van der Waals surface area contributed by atoms with Gasteiger partial charge in [0.15, 0.2) is 0 Å². The number of piperidine rings is 1. The number of aryl methyl sites for hydroxylation is 1. The molecule has 0 spiro atoms. The molecule has 1 aromatic heterocycles. The first kappa shape index (κ1) is 13.7. The molecule has 1 aromatic rings. The molecule has 4 nitrogen and oxygen atoms in total. The van der Waals surface area contributed by atoms with Gasteiger partial charge >= 0.3 is 0 Å². The third-order valence-corrected chi connectivity index (χ3v) is 3.80. The molecule has 0 aromatic carbocycles. The molecule has 1 aliphatic heterocycles. The molecule has 0 bridgehead atoms. The van der Waals surface area contributed by atoms with Crippen LogP contribution in [0.3, 0.4) is 0 Å². The van der Waals surface area contributed by atoms with E-state index in [0.717, 1.165) is 44.0 Å². The van der Waals surface area contributed by atoms with Crippen LogP contribution in [-0.4, -0.2) is 34.0 Å². The highest BCUT2D eigenvalue weighted by Crippen LogP contribution is 2.20. The molecule has 1 saturated heterocycles. The topological polar surface area (TPSA) is 55.0 Å². The largest absolute Gasteiger partial charge is 0.328 e. The summed E-state index contributed by atoms with van der Waals surface area (Å²) in [7, 11) is 0. The summed E-state index contributed by atoms with van der Waals surface area (Å²) in [5, 5.41) is 0.531. The first-order valence-corrected chi connectivity index (χ1v) is 6.90. The van der Waals surface area contributed by atoms with Crippen LogP contribution in [0, 0.1) is 12.8 Å². The molecule has 0 aliphatic carbocycles. The average Bonchev–Trinajstić information content (AvgIpc) is 2.28. The fraction of sp³-hybridized carbons (Fsp3) is 0.692. The van der Waals surface area contributed by atoms with Crippen molar-refractivity contribution in [3.63, 3.8) is 0 Å². The van der Waals surface area contributed by atoms with Crippen molar-refractivity contribution in [1.29, 1.82) is 0 Å². The number of likely N-dealkylation sites (tertiary alicyclic amines) is 1. The number of hydrogen-bond acceptors (Lipinski definition) is 4. The molecule has 2 N–H and O–H groups in total. The molecule has 0 saturated carbocycles. The van der Waals surface area contributed by atoms with E-state index in [4.69, 9.17) is 17.3 Å². The Bertz CT molecular complexity index is 380. The minimum absolute atomic E-state index is 0.303. The van der Waals surface area contributed by atoms with Gasteiger partial charge in [0.25, 0.3) is 0 Å². The number of hydrogen-bond donors (Lipinski definition) is 1. The summed E-state index contributed by atoms with van der Waals surface area (Å²) in [6, 6.07) is 2.09. The Balaban J connectivity index is 1.91. The van der Waals surface area contributed by atoms with Gasteiger partial charge in [-0.05, 0) is 51.8 Å². The first-order valence-electron chi connectivity index (χ1n) is 6.52. The molecule has 1 atom stereocenters. The first-order chi connectivity index (χ1) is 8.54. The molecule has 1 fully saturated rings. The van der Waals surface area contributed by atoms with Gasteiger partial charge in [0.05, 0.1) is 6.54 Å². The maximum atomic E-state index is 5.95. The van der Waals surface area contributed by atoms with Gasteiger partial charge in [-0.2, -0.15) is 0 Å². The van der Waals surface area contributed by atoms with E-state index >= 15 is 0 Å². The number of rotatable bonds is 3. The molecular weight excluding hydrogens is 248 g/mol. The van der Waals surface area contributed by atoms with Gasteiger partial charge in [0.1, 0.15) is 11.0 Å². The van der Waals surface area contributed by atoms with Crippen molar-refractivity contribution in [2.45, 2.75) is 39.3 Å². The van der Waals surface area contributed by atoms with Crippen molar-refractivity contribution in [2.75, 3.05) is 13.1 Å². The zero-order valence-corrected chi connectivity index (χ0v) is 11.8. The lowest BCUT2D eigenvalue weighted by atomic mass is 9.91. The highest BCUT2D eigenvalue weighted by atomic mass is 35.5. The van der Waals surface area contributed by atoms with Crippen LogP contribution in [-0.2, 0) is 6.54 Å². The normalized spacial score (nSPS) is 20.0. The van der Waals surface area contributed by atoms with E-state index in [1.54, 1.807) is 6.07 Å². The lowest BCUT2D eigenvalue weighted by Crippen LogP contribution is -2.39. The second kappa shape index (κ2) is 5.95. The van der Waals surface area contributed by atoms with E-state index in [-0.39, 0.29) is 0 Å². The van der Waals surface area contributed by atoms with E-state index in [0.29, 0.717) is 17.1 Å². The van der Waals surface area contributed by atoms with Gasteiger partial charge in [0.2, 0.25) is 0 Å². The predicted molar refractivity (Wildman–Crippen MR) is 73.4 cm³/mol. The fourth-order valence-corrected chi connectivity index (χ4v) is 2.75. The fourth-order valence-electron chi connectivity index (χ4n) is 2.50. The van der Waals surface area contributed by atoms with Gasteiger partial charge in [-0.1, -0.05) is 11.6 Å². The highest BCUT2D eigenvalue weighted by molar-refractivity contribution is 6.29. The zero-order valence-electron chi connectivity index (χ0n) is 11.1. The number of aromatic nitrogens is 2. The average molecular weight is 269 g/mol. The Morgan fingerprint density at radius 2 is 2.11 bits per heavy atom. The number of nitrogens with zero attached hydrogens (tertiary/aromatic N) is 3. The lowest BCUT2D eigenvalue weighted by Gasteiger charge is -2.33. The molecule has 0 amide bonds. The number of nitrogens with two attached hydrogens (primary N) is 1. The molecule has 5 heteroatoms. The van der Waals surface area contributed by atoms with E-state index in [1.165, 1.54) is 0 Å². The van der Waals surface area contributed by atoms with Crippen molar-refractivity contribution >= 4 is 11.6 Å². The maximum absolute atomic E-state index is 5.95. The van der Waals surface area contributed by atoms with E-state index < -0.39 is 0 Å². The van der Waals surface area contributed by atoms with E-state index in [1.807, 2.05) is 6.92 Å². The molecule has 18 heavy (non-hydrogen) atoms. The summed E-state index contributed by atoms with van der Waals surface area (Å²) in [5.74, 6) is 1.47. The standard InChI is InChI=1S/C13H21ClN4/c1-9-7-12(14)17-13(16-9)8-18-5-3-11(4-6-18)10(2)15/h7,10-11H,3-6,8,15H2,1-2H3. The van der Waals surface area contributed by atoms with Crippen LogP contribution >= 0.6 is 11.6 Å². The maximum Gasteiger partial charge on any atom is 0.144 e. The Kier molecular flexibility index (Phi) is 4.54. The van der Waals surface area contributed by atoms with Gasteiger partial charge < -0.3 is 5.73 Å². The predicted octanol–water partition coefficient (Wildman–Crippen LogP) is 2.00. The van der Waals surface area contributed by atoms with Crippen molar-refractivity contribution in [2.24, 2.45) is 11.7 Å². The van der Waals surface area contributed by atoms with Crippen LogP contribution < -0.4 is 5.73 Å². The van der Waals surface area contributed by atoms with Crippen molar-refractivity contribution in [1.82, 2.24) is 14.9 Å². The third kappa shape index (κ3) is 3.64. The van der Waals surface area contributed by atoms with E-state index in [2.05, 4.69) is 21.8 Å². The van der Waals surface area contributed by atoms with Crippen LogP contribution in [0.1, 0.15) is 31.3 Å². The van der Waals surface area contributed by atoms with Crippen LogP contribution in [0.5, 0.6) is 0 Å². The Labute approximate surface area is 114 Å². The van der Waals surface area contributed by atoms with Gasteiger partial charge in [-0.25, -0.2) is 9.97 Å². The Morgan fingerprint density at radius 1 is 1.44 bits per heavy atom. The Morgan fingerprint density at radius 3 is 2.67 bits per heavy atom. The second-order valence-corrected chi connectivity index (χ2v) is 5.61. The molecule has 1 aliphatic rings. The second-order valence-electron chi connectivity index (χ2n) is 5.22. The number of halogens is 1. The zero-order chi connectivity index (χ0) is 13.1. The summed E-state index contributed by atoms with van der Waals surface area (Å²) in [4.78, 5) is 11.1. The quantitative estimate of drug-likeness (QED) is 0.852. The summed E-state index contributed by atoms with van der Waals surface area (Å²) in [6.45, 7) is 6.97. The summed E-state index contributed by atoms with van der Waals surface area (Å²) < 4.78 is 0. The third-order valence-electron chi connectivity index (χ3n) is 3.61. The van der Waals surface area contributed by atoms with Crippen LogP contribution in [0.15, 0.2) is 6.07 Å². The minimum Gasteiger partial charge on any atom is -0.328 e. The highest BCUT2D eigenvalue weighted by Gasteiger charge is 2.22. The molecule has 2 rings (SSSR count). The van der Waals surface area contributed by atoms with Crippen LogP contribution in [0.25, 0.3) is 0 Å². The summed E-state index contributed by atoms with van der Waals surface area (Å²) in [6.07, 6.45) is 2.33. The summed E-state index contributed by atoms with van der Waals surface area (Å²) in [5.41, 5.74) is 6.87.